The van der Waals surface area contributed by atoms with E-state index < -0.39 is 12.0 Å². The van der Waals surface area contributed by atoms with Crippen molar-refractivity contribution in [2.24, 2.45) is 5.73 Å². The number of aliphatic carboxylic acids is 1. The summed E-state index contributed by atoms with van der Waals surface area (Å²) in [6.07, 6.45) is 1.50. The second kappa shape index (κ2) is 5.09. The van der Waals surface area contributed by atoms with Crippen molar-refractivity contribution in [2.75, 3.05) is 19.0 Å². The Kier molecular flexibility index (Phi) is 4.01. The summed E-state index contributed by atoms with van der Waals surface area (Å²) in [6, 6.07) is -1.10. The molecule has 6 heteroatoms. The molecule has 1 heterocycles. The molecule has 1 aromatic heterocycles. The molecule has 17 heavy (non-hydrogen) atoms. The second-order valence-corrected chi connectivity index (χ2v) is 4.37. The van der Waals surface area contributed by atoms with Crippen molar-refractivity contribution in [3.63, 3.8) is 0 Å². The van der Waals surface area contributed by atoms with E-state index in [1.54, 1.807) is 19.0 Å². The lowest BCUT2D eigenvalue weighted by Gasteiger charge is -2.19. The van der Waals surface area contributed by atoms with Crippen molar-refractivity contribution < 1.29 is 9.90 Å². The van der Waals surface area contributed by atoms with Gasteiger partial charge in [0.1, 0.15) is 17.7 Å². The van der Waals surface area contributed by atoms with E-state index in [-0.39, 0.29) is 5.92 Å². The summed E-state index contributed by atoms with van der Waals surface area (Å²) in [6.45, 7) is 3.96. The fourth-order valence-electron chi connectivity index (χ4n) is 1.38. The van der Waals surface area contributed by atoms with Crippen molar-refractivity contribution in [3.8, 4) is 0 Å². The lowest BCUT2D eigenvalue weighted by molar-refractivity contribution is -0.138. The summed E-state index contributed by atoms with van der Waals surface area (Å²) in [5.41, 5.74) is 6.02. The lowest BCUT2D eigenvalue weighted by Crippen LogP contribution is -2.25. The van der Waals surface area contributed by atoms with Crippen LogP contribution in [0.5, 0.6) is 0 Å². The van der Waals surface area contributed by atoms with Gasteiger partial charge in [-0.25, -0.2) is 9.97 Å². The van der Waals surface area contributed by atoms with Crippen LogP contribution in [0.4, 0.5) is 5.82 Å². The molecule has 94 valence electrons. The molecular weight excluding hydrogens is 220 g/mol. The van der Waals surface area contributed by atoms with Crippen LogP contribution >= 0.6 is 0 Å². The van der Waals surface area contributed by atoms with E-state index in [9.17, 15) is 4.79 Å². The molecule has 0 spiro atoms. The van der Waals surface area contributed by atoms with Gasteiger partial charge in [0.15, 0.2) is 0 Å². The third-order valence-corrected chi connectivity index (χ3v) is 2.36. The van der Waals surface area contributed by atoms with Crippen molar-refractivity contribution in [1.82, 2.24) is 9.97 Å². The predicted molar refractivity (Wildman–Crippen MR) is 65.0 cm³/mol. The number of carboxylic acids is 1. The van der Waals surface area contributed by atoms with Crippen LogP contribution < -0.4 is 10.6 Å². The molecule has 0 aliphatic heterocycles. The van der Waals surface area contributed by atoms with E-state index in [0.717, 1.165) is 0 Å². The molecule has 0 aliphatic rings. The van der Waals surface area contributed by atoms with Gasteiger partial charge in [-0.1, -0.05) is 13.8 Å². The number of anilines is 1. The summed E-state index contributed by atoms with van der Waals surface area (Å²) >= 11 is 0. The largest absolute Gasteiger partial charge is 0.480 e. The highest BCUT2D eigenvalue weighted by Crippen LogP contribution is 2.23. The molecule has 3 N–H and O–H groups in total. The Morgan fingerprint density at radius 1 is 1.47 bits per heavy atom. The minimum absolute atomic E-state index is 0.184. The second-order valence-electron chi connectivity index (χ2n) is 4.37. The molecule has 0 fully saturated rings. The minimum atomic E-state index is -1.10. The zero-order valence-corrected chi connectivity index (χ0v) is 10.5. The molecule has 0 aromatic carbocycles. The van der Waals surface area contributed by atoms with Gasteiger partial charge >= 0.3 is 5.97 Å². The van der Waals surface area contributed by atoms with Gasteiger partial charge < -0.3 is 15.7 Å². The number of hydrogen-bond donors (Lipinski definition) is 2. The molecule has 0 aliphatic carbocycles. The molecule has 0 radical (unpaired) electrons. The summed E-state index contributed by atoms with van der Waals surface area (Å²) in [5, 5.41) is 8.92. The highest BCUT2D eigenvalue weighted by molar-refractivity contribution is 5.77. The first-order chi connectivity index (χ1) is 7.84. The highest BCUT2D eigenvalue weighted by Gasteiger charge is 2.21. The summed E-state index contributed by atoms with van der Waals surface area (Å²) in [7, 11) is 3.59. The number of hydrogen-bond acceptors (Lipinski definition) is 5. The Morgan fingerprint density at radius 3 is 2.47 bits per heavy atom. The highest BCUT2D eigenvalue weighted by atomic mass is 16.4. The average Bonchev–Trinajstić information content (AvgIpc) is 2.26. The quantitative estimate of drug-likeness (QED) is 0.804. The fourth-order valence-corrected chi connectivity index (χ4v) is 1.38. The van der Waals surface area contributed by atoms with Crippen LogP contribution in [0.1, 0.15) is 37.2 Å². The number of carboxylic acid groups (broad SMARTS) is 1. The zero-order chi connectivity index (χ0) is 13.2. The zero-order valence-electron chi connectivity index (χ0n) is 10.5. The Hall–Kier alpha value is -1.69. The van der Waals surface area contributed by atoms with E-state index in [1.165, 1.54) is 6.20 Å². The van der Waals surface area contributed by atoms with Gasteiger partial charge in [0.25, 0.3) is 0 Å². The van der Waals surface area contributed by atoms with E-state index in [2.05, 4.69) is 9.97 Å². The Bertz CT molecular complexity index is 418. The van der Waals surface area contributed by atoms with Crippen molar-refractivity contribution >= 4 is 11.8 Å². The average molecular weight is 238 g/mol. The van der Waals surface area contributed by atoms with Crippen molar-refractivity contribution in [3.05, 3.63) is 17.6 Å². The van der Waals surface area contributed by atoms with Crippen LogP contribution in [0.2, 0.25) is 0 Å². The summed E-state index contributed by atoms with van der Waals surface area (Å²) in [4.78, 5) is 21.1. The summed E-state index contributed by atoms with van der Waals surface area (Å²) < 4.78 is 0. The molecule has 1 rings (SSSR count). The van der Waals surface area contributed by atoms with Crippen LogP contribution in [-0.4, -0.2) is 35.1 Å². The molecular formula is C11H18N4O2. The number of nitrogens with zero attached hydrogens (tertiary/aromatic N) is 3. The maximum absolute atomic E-state index is 10.9. The van der Waals surface area contributed by atoms with E-state index >= 15 is 0 Å². The molecule has 1 aromatic rings. The van der Waals surface area contributed by atoms with Gasteiger partial charge in [-0.05, 0) is 0 Å². The van der Waals surface area contributed by atoms with Crippen LogP contribution in [0, 0.1) is 0 Å². The third-order valence-electron chi connectivity index (χ3n) is 2.36. The summed E-state index contributed by atoms with van der Waals surface area (Å²) in [5.74, 6) is 0.325. The maximum atomic E-state index is 10.9. The first-order valence-corrected chi connectivity index (χ1v) is 5.37. The van der Waals surface area contributed by atoms with Crippen LogP contribution in [0.15, 0.2) is 6.20 Å². The molecule has 0 saturated carbocycles. The number of carbonyl (C=O) groups is 1. The van der Waals surface area contributed by atoms with Crippen LogP contribution in [0.3, 0.4) is 0 Å². The smallest absolute Gasteiger partial charge is 0.325 e. The Labute approximate surface area is 100 Å². The van der Waals surface area contributed by atoms with Gasteiger partial charge in [-0.2, -0.15) is 0 Å². The molecule has 0 bridgehead atoms. The predicted octanol–water partition coefficient (Wildman–Crippen LogP) is 0.750. The standard InChI is InChI=1S/C11H18N4O2/c1-6(2)9-13-5-7(8(12)11(16)17)10(14-9)15(3)4/h5-6,8H,12H2,1-4H3,(H,16,17). The van der Waals surface area contributed by atoms with E-state index in [1.807, 2.05) is 13.8 Å². The first-order valence-electron chi connectivity index (χ1n) is 5.37. The van der Waals surface area contributed by atoms with Crippen molar-refractivity contribution in [2.45, 2.75) is 25.8 Å². The minimum Gasteiger partial charge on any atom is -0.480 e. The number of aromatic nitrogens is 2. The third kappa shape index (κ3) is 2.91. The first kappa shape index (κ1) is 13.4. The van der Waals surface area contributed by atoms with Gasteiger partial charge in [0.05, 0.1) is 0 Å². The number of nitrogens with two attached hydrogens (primary N) is 1. The molecule has 1 atom stereocenters. The van der Waals surface area contributed by atoms with Gasteiger partial charge in [0.2, 0.25) is 0 Å². The van der Waals surface area contributed by atoms with Crippen LogP contribution in [0.25, 0.3) is 0 Å². The SMILES string of the molecule is CC(C)c1ncc(C(N)C(=O)O)c(N(C)C)n1. The van der Waals surface area contributed by atoms with Gasteiger partial charge in [0, 0.05) is 31.8 Å². The fraction of sp³-hybridized carbons (Fsp3) is 0.545. The molecule has 0 saturated heterocycles. The Morgan fingerprint density at radius 2 is 2.06 bits per heavy atom. The van der Waals surface area contributed by atoms with Crippen molar-refractivity contribution in [1.29, 1.82) is 0 Å². The van der Waals surface area contributed by atoms with E-state index in [4.69, 9.17) is 10.8 Å². The topological polar surface area (TPSA) is 92.3 Å². The van der Waals surface area contributed by atoms with Crippen LogP contribution in [-0.2, 0) is 4.79 Å². The van der Waals surface area contributed by atoms with Gasteiger partial charge in [-0.3, -0.25) is 4.79 Å². The lowest BCUT2D eigenvalue weighted by atomic mass is 10.1. The number of rotatable bonds is 4. The maximum Gasteiger partial charge on any atom is 0.325 e. The molecule has 0 amide bonds. The molecule has 1 unspecified atom stereocenters. The molecule has 6 nitrogen and oxygen atoms in total. The van der Waals surface area contributed by atoms with E-state index in [0.29, 0.717) is 17.2 Å². The Balaban J connectivity index is 3.27. The normalized spacial score (nSPS) is 12.6. The monoisotopic (exact) mass is 238 g/mol. The van der Waals surface area contributed by atoms with Gasteiger partial charge in [-0.15, -0.1) is 0 Å².